The van der Waals surface area contributed by atoms with Gasteiger partial charge in [-0.3, -0.25) is 14.2 Å². The van der Waals surface area contributed by atoms with E-state index in [0.717, 1.165) is 5.56 Å². The summed E-state index contributed by atoms with van der Waals surface area (Å²) < 4.78 is 15.1. The Kier molecular flexibility index (Phi) is 6.12. The average Bonchev–Trinajstić information content (AvgIpc) is 2.83. The third-order valence-corrected chi connectivity index (χ3v) is 5.60. The molecule has 0 radical (unpaired) electrons. The summed E-state index contributed by atoms with van der Waals surface area (Å²) in [6.45, 7) is 4.51. The van der Waals surface area contributed by atoms with Crippen LogP contribution in [-0.2, 0) is 13.1 Å². The number of carbonyl (C=O) groups is 1. The lowest BCUT2D eigenvalue weighted by Gasteiger charge is -2.30. The summed E-state index contributed by atoms with van der Waals surface area (Å²) in [5.74, 6) is -0.144. The maximum Gasteiger partial charge on any atom is 0.261 e. The Bertz CT molecular complexity index is 1300. The molecule has 1 heterocycles. The number of rotatable bonds is 6. The molecule has 162 valence electrons. The van der Waals surface area contributed by atoms with Gasteiger partial charge in [-0.05, 0) is 55.8 Å². The molecule has 32 heavy (non-hydrogen) atoms. The molecule has 3 aromatic carbocycles. The zero-order valence-corrected chi connectivity index (χ0v) is 18.0. The molecule has 0 fully saturated rings. The molecule has 0 aliphatic rings. The largest absolute Gasteiger partial charge is 0.324 e. The molecule has 6 heteroatoms. The lowest BCUT2D eigenvalue weighted by atomic mass is 10.1. The van der Waals surface area contributed by atoms with Crippen molar-refractivity contribution in [2.24, 2.45) is 0 Å². The summed E-state index contributed by atoms with van der Waals surface area (Å²) in [5, 5.41) is 0.546. The maximum absolute atomic E-state index is 13.5. The van der Waals surface area contributed by atoms with Gasteiger partial charge in [0, 0.05) is 18.7 Å². The van der Waals surface area contributed by atoms with Gasteiger partial charge in [-0.1, -0.05) is 42.5 Å². The van der Waals surface area contributed by atoms with E-state index >= 15 is 0 Å². The van der Waals surface area contributed by atoms with Crippen LogP contribution in [0, 0.1) is 5.82 Å². The molecule has 1 amide bonds. The molecule has 0 spiro atoms. The minimum absolute atomic E-state index is 0.131. The van der Waals surface area contributed by atoms with Crippen molar-refractivity contribution in [3.8, 4) is 0 Å². The third kappa shape index (κ3) is 4.17. The van der Waals surface area contributed by atoms with Crippen LogP contribution in [0.4, 0.5) is 4.39 Å². The van der Waals surface area contributed by atoms with Crippen LogP contribution in [0.15, 0.2) is 83.7 Å². The van der Waals surface area contributed by atoms with E-state index in [2.05, 4.69) is 0 Å². The first-order chi connectivity index (χ1) is 15.5. The Labute approximate surface area is 185 Å². The summed E-state index contributed by atoms with van der Waals surface area (Å²) in [4.78, 5) is 33.1. The molecule has 0 aliphatic heterocycles. The van der Waals surface area contributed by atoms with Crippen LogP contribution >= 0.6 is 0 Å². The van der Waals surface area contributed by atoms with E-state index in [0.29, 0.717) is 35.4 Å². The second-order valence-corrected chi connectivity index (χ2v) is 7.64. The van der Waals surface area contributed by atoms with Crippen LogP contribution in [0.3, 0.4) is 0 Å². The van der Waals surface area contributed by atoms with Gasteiger partial charge < -0.3 is 4.90 Å². The van der Waals surface area contributed by atoms with E-state index in [4.69, 9.17) is 4.98 Å². The lowest BCUT2D eigenvalue weighted by Crippen LogP contribution is -2.37. The number of hydrogen-bond donors (Lipinski definition) is 0. The number of fused-ring (bicyclic) bond motifs is 1. The van der Waals surface area contributed by atoms with Crippen molar-refractivity contribution in [1.82, 2.24) is 14.5 Å². The van der Waals surface area contributed by atoms with Gasteiger partial charge in [0.25, 0.3) is 11.5 Å². The number of amides is 1. The number of para-hydroxylation sites is 1. The molecule has 0 N–H and O–H groups in total. The fourth-order valence-corrected chi connectivity index (χ4v) is 3.87. The fourth-order valence-electron chi connectivity index (χ4n) is 3.87. The van der Waals surface area contributed by atoms with E-state index in [1.54, 1.807) is 21.6 Å². The van der Waals surface area contributed by atoms with Gasteiger partial charge >= 0.3 is 0 Å². The third-order valence-electron chi connectivity index (χ3n) is 5.60. The standard InChI is InChI=1S/C26H24FN3O2/c1-3-29-24(28-23-12-8-7-11-22(23)26(29)32)18(2)30(17-19-9-5-4-6-10-19)25(31)20-13-15-21(27)16-14-20/h4-16,18H,3,17H2,1-2H3. The van der Waals surface area contributed by atoms with Gasteiger partial charge in [0.2, 0.25) is 0 Å². The minimum Gasteiger partial charge on any atom is -0.324 e. The van der Waals surface area contributed by atoms with Crippen molar-refractivity contribution < 1.29 is 9.18 Å². The van der Waals surface area contributed by atoms with Crippen molar-refractivity contribution in [3.05, 3.63) is 112 Å². The van der Waals surface area contributed by atoms with Crippen molar-refractivity contribution >= 4 is 16.8 Å². The summed E-state index contributed by atoms with van der Waals surface area (Å²) in [6, 6.07) is 21.8. The smallest absolute Gasteiger partial charge is 0.261 e. The Hall–Kier alpha value is -3.80. The van der Waals surface area contributed by atoms with E-state index in [1.807, 2.05) is 56.3 Å². The highest BCUT2D eigenvalue weighted by Gasteiger charge is 2.27. The fraction of sp³-hybridized carbons (Fsp3) is 0.192. The average molecular weight is 429 g/mol. The highest BCUT2D eigenvalue weighted by Crippen LogP contribution is 2.24. The van der Waals surface area contributed by atoms with Crippen LogP contribution in [0.2, 0.25) is 0 Å². The van der Waals surface area contributed by atoms with Crippen molar-refractivity contribution in [3.63, 3.8) is 0 Å². The number of halogens is 1. The molecule has 4 aromatic rings. The van der Waals surface area contributed by atoms with Crippen LogP contribution in [0.1, 0.15) is 41.6 Å². The zero-order valence-electron chi connectivity index (χ0n) is 18.0. The van der Waals surface area contributed by atoms with Crippen molar-refractivity contribution in [2.75, 3.05) is 0 Å². The topological polar surface area (TPSA) is 55.2 Å². The van der Waals surface area contributed by atoms with E-state index in [9.17, 15) is 14.0 Å². The predicted molar refractivity (Wildman–Crippen MR) is 123 cm³/mol. The first-order valence-electron chi connectivity index (χ1n) is 10.6. The molecule has 1 atom stereocenters. The van der Waals surface area contributed by atoms with E-state index in [1.165, 1.54) is 24.3 Å². The quantitative estimate of drug-likeness (QED) is 0.435. The highest BCUT2D eigenvalue weighted by molar-refractivity contribution is 5.94. The Morgan fingerprint density at radius 1 is 1.00 bits per heavy atom. The number of hydrogen-bond acceptors (Lipinski definition) is 3. The van der Waals surface area contributed by atoms with Gasteiger partial charge in [-0.15, -0.1) is 0 Å². The highest BCUT2D eigenvalue weighted by atomic mass is 19.1. The van der Waals surface area contributed by atoms with Gasteiger partial charge in [0.15, 0.2) is 0 Å². The van der Waals surface area contributed by atoms with Gasteiger partial charge in [-0.2, -0.15) is 0 Å². The Morgan fingerprint density at radius 2 is 1.66 bits per heavy atom. The zero-order chi connectivity index (χ0) is 22.7. The molecule has 1 aromatic heterocycles. The molecular weight excluding hydrogens is 405 g/mol. The van der Waals surface area contributed by atoms with Crippen molar-refractivity contribution in [1.29, 1.82) is 0 Å². The summed E-state index contributed by atoms with van der Waals surface area (Å²) in [7, 11) is 0. The van der Waals surface area contributed by atoms with Crippen LogP contribution < -0.4 is 5.56 Å². The van der Waals surface area contributed by atoms with E-state index < -0.39 is 11.9 Å². The minimum atomic E-state index is -0.495. The molecule has 1 unspecified atom stereocenters. The van der Waals surface area contributed by atoms with Crippen LogP contribution in [0.25, 0.3) is 10.9 Å². The summed E-state index contributed by atoms with van der Waals surface area (Å²) in [6.07, 6.45) is 0. The molecule has 4 rings (SSSR count). The molecular formula is C26H24FN3O2. The molecule has 0 bridgehead atoms. The molecule has 0 aliphatic carbocycles. The Morgan fingerprint density at radius 3 is 2.34 bits per heavy atom. The SMILES string of the molecule is CCn1c(C(C)N(Cc2ccccc2)C(=O)c2ccc(F)cc2)nc2ccccc2c1=O. The van der Waals surface area contributed by atoms with Gasteiger partial charge in [0.05, 0.1) is 16.9 Å². The summed E-state index contributed by atoms with van der Waals surface area (Å²) >= 11 is 0. The second-order valence-electron chi connectivity index (χ2n) is 7.64. The number of aromatic nitrogens is 2. The van der Waals surface area contributed by atoms with E-state index in [-0.39, 0.29) is 11.5 Å². The monoisotopic (exact) mass is 429 g/mol. The molecule has 0 saturated heterocycles. The van der Waals surface area contributed by atoms with Gasteiger partial charge in [-0.25, -0.2) is 9.37 Å². The second kappa shape index (κ2) is 9.14. The number of nitrogens with zero attached hydrogens (tertiary/aromatic N) is 3. The molecule has 0 saturated carbocycles. The number of carbonyl (C=O) groups excluding carboxylic acids is 1. The maximum atomic E-state index is 13.5. The van der Waals surface area contributed by atoms with Crippen LogP contribution in [-0.4, -0.2) is 20.4 Å². The normalized spacial score (nSPS) is 12.0. The van der Waals surface area contributed by atoms with Crippen LogP contribution in [0.5, 0.6) is 0 Å². The predicted octanol–water partition coefficient (Wildman–Crippen LogP) is 4.96. The van der Waals surface area contributed by atoms with Crippen molar-refractivity contribution in [2.45, 2.75) is 33.0 Å². The first-order valence-corrected chi connectivity index (χ1v) is 10.6. The number of benzene rings is 3. The first kappa shape index (κ1) is 21.4. The molecule has 5 nitrogen and oxygen atoms in total. The lowest BCUT2D eigenvalue weighted by molar-refractivity contribution is 0.0662. The Balaban J connectivity index is 1.82. The summed E-state index contributed by atoms with van der Waals surface area (Å²) in [5.41, 5.74) is 1.79. The van der Waals surface area contributed by atoms with Gasteiger partial charge in [0.1, 0.15) is 11.6 Å².